The number of benzene rings is 2. The van der Waals surface area contributed by atoms with Gasteiger partial charge in [0.1, 0.15) is 12.1 Å². The molecule has 0 aromatic heterocycles. The van der Waals surface area contributed by atoms with E-state index in [0.29, 0.717) is 16.2 Å². The molecule has 0 bridgehead atoms. The second-order valence-electron chi connectivity index (χ2n) is 6.76. The Kier molecular flexibility index (Phi) is 5.15. The van der Waals surface area contributed by atoms with E-state index in [-0.39, 0.29) is 11.3 Å². The van der Waals surface area contributed by atoms with Crippen LogP contribution in [0.2, 0.25) is 0 Å². The summed E-state index contributed by atoms with van der Waals surface area (Å²) in [6.45, 7) is 2.13. The number of carbonyl (C=O) groups excluding carboxylic acids is 4. The summed E-state index contributed by atoms with van der Waals surface area (Å²) in [7, 11) is 0. The van der Waals surface area contributed by atoms with Crippen molar-refractivity contribution in [3.8, 4) is 0 Å². The van der Waals surface area contributed by atoms with Crippen LogP contribution in [0.25, 0.3) is 0 Å². The number of hydrogen-bond donors (Lipinski definition) is 2. The SMILES string of the molecule is CC(=O)c1cccc(NC(=O)CN2C(=O)NC(C)(c3ccc(F)c(F)c3)C2=O)c1. The molecule has 9 heteroatoms. The van der Waals surface area contributed by atoms with Gasteiger partial charge >= 0.3 is 6.03 Å². The van der Waals surface area contributed by atoms with Gasteiger partial charge in [-0.15, -0.1) is 0 Å². The topological polar surface area (TPSA) is 95.6 Å². The molecule has 0 radical (unpaired) electrons. The first-order chi connectivity index (χ1) is 13.6. The van der Waals surface area contributed by atoms with Crippen molar-refractivity contribution in [2.75, 3.05) is 11.9 Å². The largest absolute Gasteiger partial charge is 0.325 e. The molecule has 2 aromatic rings. The zero-order chi connectivity index (χ0) is 21.3. The molecule has 1 aliphatic rings. The molecule has 1 atom stereocenters. The third-order valence-corrected chi connectivity index (χ3v) is 4.63. The Bertz CT molecular complexity index is 1040. The third kappa shape index (κ3) is 3.84. The van der Waals surface area contributed by atoms with Gasteiger partial charge in [-0.1, -0.05) is 18.2 Å². The Hall–Kier alpha value is -3.62. The van der Waals surface area contributed by atoms with Crippen LogP contribution in [0.4, 0.5) is 19.3 Å². The second kappa shape index (κ2) is 7.42. The van der Waals surface area contributed by atoms with Crippen LogP contribution < -0.4 is 10.6 Å². The lowest BCUT2D eigenvalue weighted by atomic mass is 9.92. The quantitative estimate of drug-likeness (QED) is 0.595. The molecule has 1 aliphatic heterocycles. The summed E-state index contributed by atoms with van der Waals surface area (Å²) in [6, 6.07) is 8.22. The van der Waals surface area contributed by atoms with Gasteiger partial charge in [-0.25, -0.2) is 13.6 Å². The van der Waals surface area contributed by atoms with Crippen LogP contribution in [0.5, 0.6) is 0 Å². The lowest BCUT2D eigenvalue weighted by molar-refractivity contribution is -0.133. The van der Waals surface area contributed by atoms with Crippen molar-refractivity contribution in [3.05, 3.63) is 65.2 Å². The Morgan fingerprint density at radius 1 is 1.10 bits per heavy atom. The Morgan fingerprint density at radius 2 is 1.83 bits per heavy atom. The van der Waals surface area contributed by atoms with Crippen LogP contribution >= 0.6 is 0 Å². The number of nitrogens with one attached hydrogen (secondary N) is 2. The van der Waals surface area contributed by atoms with Gasteiger partial charge in [0.25, 0.3) is 5.91 Å². The van der Waals surface area contributed by atoms with E-state index in [1.54, 1.807) is 18.2 Å². The molecule has 4 amide bonds. The summed E-state index contributed by atoms with van der Waals surface area (Å²) in [4.78, 5) is 49.4. The van der Waals surface area contributed by atoms with Crippen molar-refractivity contribution in [3.63, 3.8) is 0 Å². The molecule has 1 heterocycles. The average molecular weight is 401 g/mol. The van der Waals surface area contributed by atoms with Crippen molar-refractivity contribution in [1.82, 2.24) is 10.2 Å². The molecule has 3 rings (SSSR count). The molecule has 1 unspecified atom stereocenters. The van der Waals surface area contributed by atoms with Gasteiger partial charge in [0.05, 0.1) is 0 Å². The highest BCUT2D eigenvalue weighted by Crippen LogP contribution is 2.29. The fraction of sp³-hybridized carbons (Fsp3) is 0.200. The number of ketones is 1. The normalized spacial score (nSPS) is 18.6. The fourth-order valence-electron chi connectivity index (χ4n) is 3.00. The van der Waals surface area contributed by atoms with Crippen molar-refractivity contribution in [2.45, 2.75) is 19.4 Å². The van der Waals surface area contributed by atoms with Crippen LogP contribution in [-0.4, -0.2) is 35.1 Å². The van der Waals surface area contributed by atoms with Gasteiger partial charge in [-0.2, -0.15) is 0 Å². The van der Waals surface area contributed by atoms with Crippen LogP contribution in [-0.2, 0) is 15.1 Å². The van der Waals surface area contributed by atoms with Gasteiger partial charge in [0, 0.05) is 11.3 Å². The molecule has 7 nitrogen and oxygen atoms in total. The van der Waals surface area contributed by atoms with Gasteiger partial charge < -0.3 is 10.6 Å². The molecular weight excluding hydrogens is 384 g/mol. The maximum atomic E-state index is 13.6. The number of rotatable bonds is 5. The minimum Gasteiger partial charge on any atom is -0.325 e. The Labute approximate surface area is 164 Å². The van der Waals surface area contributed by atoms with Gasteiger partial charge in [-0.05, 0) is 43.7 Å². The summed E-state index contributed by atoms with van der Waals surface area (Å²) in [5.41, 5.74) is -0.867. The van der Waals surface area contributed by atoms with Gasteiger partial charge in [0.2, 0.25) is 5.91 Å². The smallest absolute Gasteiger partial charge is 0.325 e. The monoisotopic (exact) mass is 401 g/mol. The predicted octanol–water partition coefficient (Wildman–Crippen LogP) is 2.57. The number of Topliss-reactive ketones (excluding diaryl/α,β-unsaturated/α-hetero) is 1. The first kappa shape index (κ1) is 20.1. The van der Waals surface area contributed by atoms with Crippen LogP contribution in [0.3, 0.4) is 0 Å². The maximum Gasteiger partial charge on any atom is 0.325 e. The highest BCUT2D eigenvalue weighted by molar-refractivity contribution is 6.10. The molecule has 2 aromatic carbocycles. The van der Waals surface area contributed by atoms with Gasteiger partial charge in [-0.3, -0.25) is 19.3 Å². The lowest BCUT2D eigenvalue weighted by Crippen LogP contribution is -2.42. The van der Waals surface area contributed by atoms with Crippen molar-refractivity contribution >= 4 is 29.3 Å². The number of urea groups is 1. The van der Waals surface area contributed by atoms with Crippen molar-refractivity contribution < 1.29 is 28.0 Å². The minimum absolute atomic E-state index is 0.0480. The number of amides is 4. The minimum atomic E-state index is -1.64. The Morgan fingerprint density at radius 3 is 2.48 bits per heavy atom. The van der Waals surface area contributed by atoms with E-state index in [1.807, 2.05) is 0 Å². The average Bonchev–Trinajstić information content (AvgIpc) is 2.88. The fourth-order valence-corrected chi connectivity index (χ4v) is 3.00. The van der Waals surface area contributed by atoms with E-state index < -0.39 is 41.6 Å². The number of nitrogens with zero attached hydrogens (tertiary/aromatic N) is 1. The standard InChI is InChI=1S/C20H17F2N3O4/c1-11(26)12-4-3-5-14(8-12)23-17(27)10-25-18(28)20(2,24-19(25)29)13-6-7-15(21)16(22)9-13/h3-9H,10H2,1-2H3,(H,23,27)(H,24,29). The molecule has 1 saturated heterocycles. The van der Waals surface area contributed by atoms with Crippen LogP contribution in [0, 0.1) is 11.6 Å². The van der Waals surface area contributed by atoms with E-state index in [9.17, 15) is 28.0 Å². The molecule has 0 saturated carbocycles. The third-order valence-electron chi connectivity index (χ3n) is 4.63. The number of anilines is 1. The summed E-state index contributed by atoms with van der Waals surface area (Å²) >= 11 is 0. The summed E-state index contributed by atoms with van der Waals surface area (Å²) in [6.07, 6.45) is 0. The zero-order valence-corrected chi connectivity index (χ0v) is 15.6. The van der Waals surface area contributed by atoms with Gasteiger partial charge in [0.15, 0.2) is 17.4 Å². The summed E-state index contributed by atoms with van der Waals surface area (Å²) < 4.78 is 26.8. The molecular formula is C20H17F2N3O4. The number of imide groups is 1. The van der Waals surface area contributed by atoms with Crippen LogP contribution in [0.15, 0.2) is 42.5 Å². The number of carbonyl (C=O) groups is 4. The molecule has 1 fully saturated rings. The lowest BCUT2D eigenvalue weighted by Gasteiger charge is -2.22. The number of hydrogen-bond acceptors (Lipinski definition) is 4. The predicted molar refractivity (Wildman–Crippen MR) is 99.0 cm³/mol. The van der Waals surface area contributed by atoms with Crippen molar-refractivity contribution in [2.24, 2.45) is 0 Å². The van der Waals surface area contributed by atoms with Crippen molar-refractivity contribution in [1.29, 1.82) is 0 Å². The first-order valence-corrected chi connectivity index (χ1v) is 8.62. The van der Waals surface area contributed by atoms with E-state index in [4.69, 9.17) is 0 Å². The van der Waals surface area contributed by atoms with E-state index in [1.165, 1.54) is 26.0 Å². The van der Waals surface area contributed by atoms with E-state index in [0.717, 1.165) is 12.1 Å². The number of halogens is 2. The summed E-state index contributed by atoms with van der Waals surface area (Å²) in [5, 5.41) is 4.92. The molecule has 29 heavy (non-hydrogen) atoms. The first-order valence-electron chi connectivity index (χ1n) is 8.62. The second-order valence-corrected chi connectivity index (χ2v) is 6.76. The molecule has 150 valence electrons. The summed E-state index contributed by atoms with van der Waals surface area (Å²) in [5.74, 6) is -3.87. The maximum absolute atomic E-state index is 13.6. The molecule has 0 aliphatic carbocycles. The highest BCUT2D eigenvalue weighted by atomic mass is 19.2. The van der Waals surface area contributed by atoms with E-state index in [2.05, 4.69) is 10.6 Å². The molecule has 2 N–H and O–H groups in total. The molecule has 0 spiro atoms. The Balaban J connectivity index is 1.76. The highest BCUT2D eigenvalue weighted by Gasteiger charge is 2.49. The zero-order valence-electron chi connectivity index (χ0n) is 15.6. The van der Waals surface area contributed by atoms with E-state index >= 15 is 0 Å². The van der Waals surface area contributed by atoms with Crippen LogP contribution in [0.1, 0.15) is 29.8 Å².